The van der Waals surface area contributed by atoms with Crippen molar-refractivity contribution in [3.63, 3.8) is 0 Å². The molecule has 0 radical (unpaired) electrons. The Hall–Kier alpha value is -1.26. The van der Waals surface area contributed by atoms with Gasteiger partial charge in [0.15, 0.2) is 0 Å². The molecule has 1 aromatic rings. The molecule has 1 fully saturated rings. The number of rotatable bonds is 4. The lowest BCUT2D eigenvalue weighted by atomic mass is 10.1. The molecule has 0 saturated carbocycles. The lowest BCUT2D eigenvalue weighted by Crippen LogP contribution is -2.36. The minimum absolute atomic E-state index is 0.0478. The highest BCUT2D eigenvalue weighted by Gasteiger charge is 2.22. The lowest BCUT2D eigenvalue weighted by molar-refractivity contribution is 0.314. The molecule has 0 aliphatic carbocycles. The molecule has 1 atom stereocenters. The van der Waals surface area contributed by atoms with E-state index in [1.165, 1.54) is 19.4 Å². The van der Waals surface area contributed by atoms with Crippen molar-refractivity contribution in [2.45, 2.75) is 18.9 Å². The van der Waals surface area contributed by atoms with Crippen LogP contribution in [0.2, 0.25) is 5.02 Å². The molecule has 0 spiro atoms. The third-order valence-corrected chi connectivity index (χ3v) is 4.13. The Balaban J connectivity index is 2.10. The number of likely N-dealkylation sites (N-methyl/N-ethyl adjacent to an activating group) is 2. The minimum atomic E-state index is 0.0478. The number of anilines is 1. The normalized spacial score (nSPS) is 19.6. The van der Waals surface area contributed by atoms with Gasteiger partial charge in [0.2, 0.25) is 0 Å². The van der Waals surface area contributed by atoms with Gasteiger partial charge in [0.05, 0.1) is 10.7 Å². The zero-order valence-electron chi connectivity index (χ0n) is 11.5. The third kappa shape index (κ3) is 3.19. The summed E-state index contributed by atoms with van der Waals surface area (Å²) in [5.74, 6) is 0.0478. The van der Waals surface area contributed by atoms with E-state index < -0.39 is 0 Å². The summed E-state index contributed by atoms with van der Waals surface area (Å²) in [4.78, 5) is 4.58. The van der Waals surface area contributed by atoms with Crippen LogP contribution in [0.25, 0.3) is 0 Å². The van der Waals surface area contributed by atoms with Crippen LogP contribution in [0.1, 0.15) is 18.4 Å². The van der Waals surface area contributed by atoms with E-state index in [4.69, 9.17) is 22.7 Å². The van der Waals surface area contributed by atoms with Crippen molar-refractivity contribution in [2.24, 2.45) is 5.73 Å². The van der Waals surface area contributed by atoms with Crippen LogP contribution < -0.4 is 10.6 Å². The van der Waals surface area contributed by atoms with E-state index >= 15 is 0 Å². The number of nitrogens with zero attached hydrogens (tertiary/aromatic N) is 2. The first kappa shape index (κ1) is 14.2. The summed E-state index contributed by atoms with van der Waals surface area (Å²) in [6.07, 6.45) is 2.51. The maximum Gasteiger partial charge on any atom is 0.122 e. The van der Waals surface area contributed by atoms with Gasteiger partial charge in [-0.25, -0.2) is 0 Å². The fourth-order valence-corrected chi connectivity index (χ4v) is 2.93. The highest BCUT2D eigenvalue weighted by molar-refractivity contribution is 6.33. The van der Waals surface area contributed by atoms with E-state index in [1.54, 1.807) is 6.07 Å². The smallest absolute Gasteiger partial charge is 0.122 e. The van der Waals surface area contributed by atoms with Crippen LogP contribution in [0.4, 0.5) is 5.69 Å². The lowest BCUT2D eigenvalue weighted by Gasteiger charge is -2.28. The first-order valence-corrected chi connectivity index (χ1v) is 6.92. The molecule has 1 aromatic carbocycles. The van der Waals surface area contributed by atoms with Gasteiger partial charge in [-0.1, -0.05) is 11.6 Å². The second kappa shape index (κ2) is 5.80. The van der Waals surface area contributed by atoms with Crippen LogP contribution in [0.5, 0.6) is 0 Å². The summed E-state index contributed by atoms with van der Waals surface area (Å²) >= 11 is 6.28. The Labute approximate surface area is 119 Å². The van der Waals surface area contributed by atoms with Crippen LogP contribution in [0.3, 0.4) is 0 Å². The number of hydrogen-bond donors (Lipinski definition) is 2. The van der Waals surface area contributed by atoms with Crippen molar-refractivity contribution < 1.29 is 0 Å². The molecule has 104 valence electrons. The van der Waals surface area contributed by atoms with Gasteiger partial charge >= 0.3 is 0 Å². The Kier molecular flexibility index (Phi) is 4.32. The first-order valence-electron chi connectivity index (χ1n) is 6.54. The van der Waals surface area contributed by atoms with Crippen LogP contribution in [-0.2, 0) is 0 Å². The number of nitrogens with two attached hydrogens (primary N) is 1. The van der Waals surface area contributed by atoms with Crippen LogP contribution in [-0.4, -0.2) is 44.0 Å². The molecular formula is C14H21ClN4. The number of nitrogen functional groups attached to an aromatic ring is 1. The second-order valence-corrected chi connectivity index (χ2v) is 5.64. The number of amidine groups is 1. The SMILES string of the molecule is CN(CC1CCCN1C)c1ccc(C(=N)N)cc1Cl. The molecule has 1 aliphatic rings. The van der Waals surface area contributed by atoms with Crippen molar-refractivity contribution >= 4 is 23.1 Å². The second-order valence-electron chi connectivity index (χ2n) is 5.24. The van der Waals surface area contributed by atoms with Crippen molar-refractivity contribution in [2.75, 3.05) is 32.1 Å². The molecule has 2 rings (SSSR count). The number of hydrogen-bond acceptors (Lipinski definition) is 3. The van der Waals surface area contributed by atoms with E-state index in [9.17, 15) is 0 Å². The van der Waals surface area contributed by atoms with Gasteiger partial charge < -0.3 is 15.5 Å². The molecule has 1 unspecified atom stereocenters. The largest absolute Gasteiger partial charge is 0.384 e. The van der Waals surface area contributed by atoms with Crippen LogP contribution in [0.15, 0.2) is 18.2 Å². The van der Waals surface area contributed by atoms with Gasteiger partial charge in [0.25, 0.3) is 0 Å². The molecule has 0 aromatic heterocycles. The molecular weight excluding hydrogens is 260 g/mol. The summed E-state index contributed by atoms with van der Waals surface area (Å²) in [5.41, 5.74) is 7.12. The zero-order chi connectivity index (χ0) is 14.0. The Morgan fingerprint density at radius 3 is 2.84 bits per heavy atom. The molecule has 1 saturated heterocycles. The predicted molar refractivity (Wildman–Crippen MR) is 81.4 cm³/mol. The number of likely N-dealkylation sites (tertiary alicyclic amines) is 1. The highest BCUT2D eigenvalue weighted by atomic mass is 35.5. The molecule has 3 N–H and O–H groups in total. The van der Waals surface area contributed by atoms with E-state index in [1.807, 2.05) is 12.1 Å². The molecule has 19 heavy (non-hydrogen) atoms. The molecule has 1 aliphatic heterocycles. The summed E-state index contributed by atoms with van der Waals surface area (Å²) in [5, 5.41) is 8.07. The van der Waals surface area contributed by atoms with Crippen molar-refractivity contribution in [3.8, 4) is 0 Å². The van der Waals surface area contributed by atoms with Gasteiger partial charge in [-0.3, -0.25) is 5.41 Å². The number of benzene rings is 1. The number of nitrogens with one attached hydrogen (secondary N) is 1. The Morgan fingerprint density at radius 2 is 2.32 bits per heavy atom. The third-order valence-electron chi connectivity index (χ3n) is 3.83. The topological polar surface area (TPSA) is 56.4 Å². The van der Waals surface area contributed by atoms with Gasteiger partial charge in [0.1, 0.15) is 5.84 Å². The van der Waals surface area contributed by atoms with Crippen molar-refractivity contribution in [3.05, 3.63) is 28.8 Å². The van der Waals surface area contributed by atoms with Crippen molar-refractivity contribution in [1.29, 1.82) is 5.41 Å². The van der Waals surface area contributed by atoms with Gasteiger partial charge in [-0.15, -0.1) is 0 Å². The molecule has 5 heteroatoms. The van der Waals surface area contributed by atoms with Gasteiger partial charge in [0, 0.05) is 25.2 Å². The standard InChI is InChI=1S/C14H21ClN4/c1-18-7-3-4-11(18)9-19(2)13-6-5-10(14(16)17)8-12(13)15/h5-6,8,11H,3-4,7,9H2,1-2H3,(H3,16,17). The summed E-state index contributed by atoms with van der Waals surface area (Å²) in [7, 11) is 4.23. The summed E-state index contributed by atoms with van der Waals surface area (Å²) < 4.78 is 0. The van der Waals surface area contributed by atoms with E-state index in [2.05, 4.69) is 23.9 Å². The first-order chi connectivity index (χ1) is 8.99. The average molecular weight is 281 g/mol. The van der Waals surface area contributed by atoms with E-state index in [0.29, 0.717) is 16.6 Å². The average Bonchev–Trinajstić information content (AvgIpc) is 2.74. The maximum absolute atomic E-state index is 7.42. The molecule has 0 amide bonds. The van der Waals surface area contributed by atoms with Gasteiger partial charge in [-0.2, -0.15) is 0 Å². The van der Waals surface area contributed by atoms with Crippen LogP contribution in [0, 0.1) is 5.41 Å². The van der Waals surface area contributed by atoms with Gasteiger partial charge in [-0.05, 0) is 44.6 Å². The highest BCUT2D eigenvalue weighted by Crippen LogP contribution is 2.27. The Bertz CT molecular complexity index is 475. The van der Waals surface area contributed by atoms with Crippen molar-refractivity contribution in [1.82, 2.24) is 4.90 Å². The van der Waals surface area contributed by atoms with E-state index in [0.717, 1.165) is 12.2 Å². The predicted octanol–water partition coefficient (Wildman–Crippen LogP) is 2.15. The zero-order valence-corrected chi connectivity index (χ0v) is 12.2. The summed E-state index contributed by atoms with van der Waals surface area (Å²) in [6, 6.07) is 6.13. The van der Waals surface area contributed by atoms with Crippen LogP contribution >= 0.6 is 11.6 Å². The van der Waals surface area contributed by atoms with E-state index in [-0.39, 0.29) is 5.84 Å². The quantitative estimate of drug-likeness (QED) is 0.656. The monoisotopic (exact) mass is 280 g/mol. The fourth-order valence-electron chi connectivity index (χ4n) is 2.61. The molecule has 1 heterocycles. The fraction of sp³-hybridized carbons (Fsp3) is 0.500. The maximum atomic E-state index is 7.42. The summed E-state index contributed by atoms with van der Waals surface area (Å²) in [6.45, 7) is 2.14. The number of halogens is 1. The molecule has 0 bridgehead atoms. The molecule has 4 nitrogen and oxygen atoms in total. The minimum Gasteiger partial charge on any atom is -0.384 e. The Morgan fingerprint density at radius 1 is 1.58 bits per heavy atom.